The third-order valence-electron chi connectivity index (χ3n) is 9.21. The number of rotatable bonds is 4. The van der Waals surface area contributed by atoms with Crippen LogP contribution in [-0.4, -0.2) is 19.5 Å². The molecule has 0 atom stereocenters. The summed E-state index contributed by atoms with van der Waals surface area (Å²) < 4.78 is 5.03. The maximum atomic E-state index is 4.94. The number of benzene rings is 7. The van der Waals surface area contributed by atoms with Gasteiger partial charge < -0.3 is 4.57 Å². The van der Waals surface area contributed by atoms with Crippen molar-refractivity contribution in [2.75, 3.05) is 0 Å². The second-order valence-corrected chi connectivity index (χ2v) is 13.2. The molecule has 0 unspecified atom stereocenters. The summed E-state index contributed by atoms with van der Waals surface area (Å²) >= 11 is 1.87. The van der Waals surface area contributed by atoms with Crippen LogP contribution < -0.4 is 0 Å². The third kappa shape index (κ3) is 4.33. The molecule has 5 heteroatoms. The molecule has 0 aliphatic rings. The fourth-order valence-electron chi connectivity index (χ4n) is 6.91. The molecule has 0 aliphatic carbocycles. The van der Waals surface area contributed by atoms with Gasteiger partial charge in [-0.25, -0.2) is 15.0 Å². The van der Waals surface area contributed by atoms with E-state index in [2.05, 4.69) is 102 Å². The molecule has 0 fully saturated rings. The second-order valence-electron chi connectivity index (χ2n) is 12.1. The minimum absolute atomic E-state index is 0.648. The summed E-state index contributed by atoms with van der Waals surface area (Å²) in [6, 6.07) is 55.6. The van der Waals surface area contributed by atoms with E-state index in [1.807, 2.05) is 72.0 Å². The van der Waals surface area contributed by atoms with Crippen LogP contribution in [-0.2, 0) is 0 Å². The molecule has 10 aromatic rings. The average molecular weight is 631 g/mol. The molecular weight excluding hydrogens is 605 g/mol. The van der Waals surface area contributed by atoms with E-state index >= 15 is 0 Å². The number of thiophene rings is 1. The molecule has 0 saturated carbocycles. The van der Waals surface area contributed by atoms with E-state index in [0.29, 0.717) is 17.5 Å². The summed E-state index contributed by atoms with van der Waals surface area (Å²) in [5, 5.41) is 7.63. The monoisotopic (exact) mass is 630 g/mol. The zero-order valence-corrected chi connectivity index (χ0v) is 26.5. The predicted octanol–water partition coefficient (Wildman–Crippen LogP) is 11.5. The first kappa shape index (κ1) is 27.0. The Bertz CT molecular complexity index is 2760. The molecule has 0 bridgehead atoms. The Morgan fingerprint density at radius 1 is 0.375 bits per heavy atom. The summed E-state index contributed by atoms with van der Waals surface area (Å²) in [5.41, 5.74) is 6.31. The predicted molar refractivity (Wildman–Crippen MR) is 201 cm³/mol. The first-order valence-electron chi connectivity index (χ1n) is 16.0. The first-order valence-corrected chi connectivity index (χ1v) is 16.8. The van der Waals surface area contributed by atoms with Gasteiger partial charge in [-0.05, 0) is 71.4 Å². The lowest BCUT2D eigenvalue weighted by atomic mass is 10.0. The summed E-state index contributed by atoms with van der Waals surface area (Å²) in [6.07, 6.45) is 0. The van der Waals surface area contributed by atoms with Crippen LogP contribution in [0.4, 0.5) is 0 Å². The number of nitrogens with zero attached hydrogens (tertiary/aromatic N) is 4. The Hall–Kier alpha value is -6.17. The summed E-state index contributed by atoms with van der Waals surface area (Å²) in [7, 11) is 0. The van der Waals surface area contributed by atoms with Gasteiger partial charge in [-0.2, -0.15) is 0 Å². The molecule has 7 aromatic carbocycles. The fourth-order valence-corrected chi connectivity index (χ4v) is 8.05. The molecule has 0 spiro atoms. The summed E-state index contributed by atoms with van der Waals surface area (Å²) in [4.78, 5) is 14.7. The van der Waals surface area contributed by atoms with Crippen molar-refractivity contribution in [2.45, 2.75) is 0 Å². The van der Waals surface area contributed by atoms with Crippen LogP contribution in [0.3, 0.4) is 0 Å². The molecule has 3 aromatic heterocycles. The van der Waals surface area contributed by atoms with Crippen molar-refractivity contribution in [3.05, 3.63) is 158 Å². The standard InChI is InChI=1S/C43H26N4S/c1-3-11-27(12-4-1)41-44-42(28-13-5-2-6-14-28)46-43(45-41)29-19-21-32(22-20-29)47-37-17-9-7-15-33(37)35-23-31-26-40-36(24-30(31)25-38(35)47)34-16-8-10-18-39(34)48-40/h1-26H. The Morgan fingerprint density at radius 2 is 0.917 bits per heavy atom. The molecule has 10 rings (SSSR count). The lowest BCUT2D eigenvalue weighted by molar-refractivity contribution is 1.07. The summed E-state index contributed by atoms with van der Waals surface area (Å²) in [6.45, 7) is 0. The molecule has 0 saturated heterocycles. The summed E-state index contributed by atoms with van der Waals surface area (Å²) in [5.74, 6) is 1.96. The van der Waals surface area contributed by atoms with Crippen molar-refractivity contribution in [3.8, 4) is 39.9 Å². The first-order chi connectivity index (χ1) is 23.8. The lowest BCUT2D eigenvalue weighted by Gasteiger charge is -2.11. The smallest absolute Gasteiger partial charge is 0.164 e. The van der Waals surface area contributed by atoms with E-state index in [0.717, 1.165) is 22.4 Å². The Balaban J connectivity index is 1.14. The minimum Gasteiger partial charge on any atom is -0.309 e. The van der Waals surface area contributed by atoms with Crippen LogP contribution in [0, 0.1) is 0 Å². The van der Waals surface area contributed by atoms with Crippen molar-refractivity contribution in [1.29, 1.82) is 0 Å². The number of fused-ring (bicyclic) bond motifs is 7. The van der Waals surface area contributed by atoms with Crippen LogP contribution >= 0.6 is 11.3 Å². The van der Waals surface area contributed by atoms with Gasteiger partial charge in [-0.1, -0.05) is 97.1 Å². The topological polar surface area (TPSA) is 43.6 Å². The van der Waals surface area contributed by atoms with E-state index in [1.54, 1.807) is 0 Å². The molecule has 48 heavy (non-hydrogen) atoms. The molecular formula is C43H26N4S. The molecule has 0 radical (unpaired) electrons. The highest BCUT2D eigenvalue weighted by molar-refractivity contribution is 7.25. The highest BCUT2D eigenvalue weighted by atomic mass is 32.1. The molecule has 0 amide bonds. The highest BCUT2D eigenvalue weighted by Crippen LogP contribution is 2.40. The molecule has 0 N–H and O–H groups in total. The lowest BCUT2D eigenvalue weighted by Crippen LogP contribution is -2.00. The van der Waals surface area contributed by atoms with Gasteiger partial charge in [0.15, 0.2) is 17.5 Å². The number of aromatic nitrogens is 4. The quantitative estimate of drug-likeness (QED) is 0.194. The van der Waals surface area contributed by atoms with Gasteiger partial charge in [0.05, 0.1) is 11.0 Å². The van der Waals surface area contributed by atoms with Crippen LogP contribution in [0.5, 0.6) is 0 Å². The fraction of sp³-hybridized carbons (Fsp3) is 0. The van der Waals surface area contributed by atoms with Crippen LogP contribution in [0.1, 0.15) is 0 Å². The minimum atomic E-state index is 0.648. The highest BCUT2D eigenvalue weighted by Gasteiger charge is 2.16. The zero-order valence-electron chi connectivity index (χ0n) is 25.7. The van der Waals surface area contributed by atoms with E-state index < -0.39 is 0 Å². The Kier molecular flexibility index (Phi) is 6.01. The van der Waals surface area contributed by atoms with E-state index in [1.165, 1.54) is 52.8 Å². The van der Waals surface area contributed by atoms with Crippen molar-refractivity contribution in [2.24, 2.45) is 0 Å². The van der Waals surface area contributed by atoms with Crippen molar-refractivity contribution >= 4 is 64.1 Å². The molecule has 224 valence electrons. The van der Waals surface area contributed by atoms with Crippen molar-refractivity contribution < 1.29 is 0 Å². The van der Waals surface area contributed by atoms with Gasteiger partial charge >= 0.3 is 0 Å². The Labute approximate surface area is 280 Å². The van der Waals surface area contributed by atoms with Crippen LogP contribution in [0.15, 0.2) is 158 Å². The molecule has 4 nitrogen and oxygen atoms in total. The van der Waals surface area contributed by atoms with Gasteiger partial charge in [0, 0.05) is 53.3 Å². The largest absolute Gasteiger partial charge is 0.309 e. The van der Waals surface area contributed by atoms with Gasteiger partial charge in [0.2, 0.25) is 0 Å². The van der Waals surface area contributed by atoms with E-state index in [-0.39, 0.29) is 0 Å². The molecule has 3 heterocycles. The average Bonchev–Trinajstić information content (AvgIpc) is 3.68. The third-order valence-corrected chi connectivity index (χ3v) is 10.3. The normalized spacial score (nSPS) is 11.8. The zero-order chi connectivity index (χ0) is 31.6. The Morgan fingerprint density at radius 3 is 1.60 bits per heavy atom. The van der Waals surface area contributed by atoms with Gasteiger partial charge in [0.1, 0.15) is 0 Å². The molecule has 0 aliphatic heterocycles. The number of para-hydroxylation sites is 1. The van der Waals surface area contributed by atoms with E-state index in [4.69, 9.17) is 15.0 Å². The van der Waals surface area contributed by atoms with Gasteiger partial charge in [-0.15, -0.1) is 11.3 Å². The maximum absolute atomic E-state index is 4.94. The number of hydrogen-bond acceptors (Lipinski definition) is 4. The van der Waals surface area contributed by atoms with Gasteiger partial charge in [0.25, 0.3) is 0 Å². The van der Waals surface area contributed by atoms with Crippen LogP contribution in [0.25, 0.3) is 92.6 Å². The van der Waals surface area contributed by atoms with Gasteiger partial charge in [-0.3, -0.25) is 0 Å². The van der Waals surface area contributed by atoms with Crippen molar-refractivity contribution in [3.63, 3.8) is 0 Å². The second kappa shape index (κ2) is 10.7. The number of hydrogen-bond donors (Lipinski definition) is 0. The van der Waals surface area contributed by atoms with E-state index in [9.17, 15) is 0 Å². The van der Waals surface area contributed by atoms with Crippen molar-refractivity contribution in [1.82, 2.24) is 19.5 Å². The maximum Gasteiger partial charge on any atom is 0.164 e. The SMILES string of the molecule is c1ccc(-c2nc(-c3ccccc3)nc(-c3ccc(-n4c5ccccc5c5cc6cc7sc8ccccc8c7cc6cc54)cc3)n2)cc1. The van der Waals surface area contributed by atoms with Crippen LogP contribution in [0.2, 0.25) is 0 Å².